The van der Waals surface area contributed by atoms with Crippen molar-refractivity contribution in [2.45, 2.75) is 55.6 Å². The SMILES string of the molecule is CC1(C)CCOc2c(C(=O)NC3CN4C(N)=N[C@@H](CNC(=O)c5ccc(F)cn5)[C@@H]5[NH+]=C(N)N[C@@]54[C@@H]3O)cccc21. The van der Waals surface area contributed by atoms with Crippen molar-refractivity contribution in [3.05, 3.63) is 59.2 Å². The number of aliphatic hydroxyl groups excluding tert-OH is 1. The van der Waals surface area contributed by atoms with Gasteiger partial charge in [0.25, 0.3) is 11.8 Å². The zero-order valence-corrected chi connectivity index (χ0v) is 22.6. The van der Waals surface area contributed by atoms with Crippen molar-refractivity contribution in [2.24, 2.45) is 16.5 Å². The number of nitrogens with zero attached hydrogens (tertiary/aromatic N) is 3. The van der Waals surface area contributed by atoms with Gasteiger partial charge in [-0.05, 0) is 30.0 Å². The van der Waals surface area contributed by atoms with E-state index >= 15 is 0 Å². The fourth-order valence-electron chi connectivity index (χ4n) is 6.28. The monoisotopic (exact) mass is 566 g/mol. The molecule has 216 valence electrons. The standard InChI is InChI=1S/C27H32FN9O4/c1-26(2)8-9-41-19-14(4-3-5-15(19)26)22(39)33-18-12-37-25(30)34-17(20-27(37,21(18)38)36-24(29)35-20)11-32-23(40)16-7-6-13(28)10-31-16/h3-7,10,17-18,20-21,38H,8-9,11-12H2,1-2H3,(H2,30,34)(H,32,40)(H,33,39)(H3,29,35,36)/p+1/t17-,18?,20-,21+,27-/m0/s1. The molecule has 9 N–H and O–H groups in total. The van der Waals surface area contributed by atoms with Crippen molar-refractivity contribution in [1.29, 1.82) is 0 Å². The molecule has 13 nitrogen and oxygen atoms in total. The first-order chi connectivity index (χ1) is 19.5. The van der Waals surface area contributed by atoms with Crippen LogP contribution in [-0.2, 0) is 5.41 Å². The summed E-state index contributed by atoms with van der Waals surface area (Å²) in [6.07, 6.45) is 0.619. The van der Waals surface area contributed by atoms with Gasteiger partial charge in [-0.15, -0.1) is 0 Å². The third-order valence-electron chi connectivity index (χ3n) is 8.45. The average Bonchev–Trinajstić information content (AvgIpc) is 3.43. The van der Waals surface area contributed by atoms with E-state index in [-0.39, 0.29) is 42.0 Å². The Hall–Kier alpha value is -4.46. The number of aromatic nitrogens is 1. The highest BCUT2D eigenvalue weighted by Gasteiger charge is 2.68. The van der Waals surface area contributed by atoms with Gasteiger partial charge < -0.3 is 31.1 Å². The topological polar surface area (TPSA) is 194 Å². The quantitative estimate of drug-likeness (QED) is 0.201. The Labute approximate surface area is 235 Å². The number of aliphatic hydroxyl groups is 1. The largest absolute Gasteiger partial charge is 0.492 e. The van der Waals surface area contributed by atoms with Crippen LogP contribution in [0, 0.1) is 5.82 Å². The van der Waals surface area contributed by atoms with E-state index < -0.39 is 41.6 Å². The molecular formula is C27H33FN9O4+. The summed E-state index contributed by atoms with van der Waals surface area (Å²) in [5.74, 6) is -0.603. The van der Waals surface area contributed by atoms with E-state index in [9.17, 15) is 19.1 Å². The molecular weight excluding hydrogens is 533 g/mol. The number of ether oxygens (including phenoxy) is 1. The van der Waals surface area contributed by atoms with Crippen molar-refractivity contribution in [3.8, 4) is 5.75 Å². The van der Waals surface area contributed by atoms with Crippen molar-refractivity contribution < 1.29 is 28.8 Å². The summed E-state index contributed by atoms with van der Waals surface area (Å²) in [6, 6.07) is 5.90. The van der Waals surface area contributed by atoms with Gasteiger partial charge in [0, 0.05) is 18.7 Å². The van der Waals surface area contributed by atoms with Gasteiger partial charge in [0.05, 0.1) is 24.4 Å². The van der Waals surface area contributed by atoms with E-state index in [1.165, 1.54) is 6.07 Å². The summed E-state index contributed by atoms with van der Waals surface area (Å²) >= 11 is 0. The van der Waals surface area contributed by atoms with Crippen LogP contribution in [0.2, 0.25) is 0 Å². The van der Waals surface area contributed by atoms with Crippen molar-refractivity contribution in [2.75, 3.05) is 19.7 Å². The molecule has 2 aromatic rings. The molecule has 14 heteroatoms. The van der Waals surface area contributed by atoms with E-state index in [0.717, 1.165) is 24.2 Å². The Morgan fingerprint density at radius 3 is 2.83 bits per heavy atom. The lowest BCUT2D eigenvalue weighted by Crippen LogP contribution is -2.88. The van der Waals surface area contributed by atoms with Crippen LogP contribution in [0.15, 0.2) is 41.5 Å². The van der Waals surface area contributed by atoms with Gasteiger partial charge in [-0.1, -0.05) is 26.0 Å². The first-order valence-electron chi connectivity index (χ1n) is 13.4. The Bertz CT molecular complexity index is 1460. The highest BCUT2D eigenvalue weighted by atomic mass is 19.1. The Morgan fingerprint density at radius 1 is 1.27 bits per heavy atom. The van der Waals surface area contributed by atoms with Crippen LogP contribution >= 0.6 is 0 Å². The molecule has 4 aliphatic heterocycles. The predicted molar refractivity (Wildman–Crippen MR) is 145 cm³/mol. The van der Waals surface area contributed by atoms with Crippen molar-refractivity contribution in [1.82, 2.24) is 25.8 Å². The zero-order chi connectivity index (χ0) is 29.1. The number of carbonyl (C=O) groups is 2. The number of carbonyl (C=O) groups excluding carboxylic acids is 2. The van der Waals surface area contributed by atoms with Crippen LogP contribution in [-0.4, -0.2) is 88.3 Å². The fraction of sp³-hybridized carbons (Fsp3) is 0.444. The van der Waals surface area contributed by atoms with Crippen LogP contribution in [0.1, 0.15) is 46.7 Å². The van der Waals surface area contributed by atoms with Crippen molar-refractivity contribution in [3.63, 3.8) is 0 Å². The maximum atomic E-state index is 13.5. The van der Waals surface area contributed by atoms with E-state index in [1.54, 1.807) is 11.0 Å². The lowest BCUT2D eigenvalue weighted by atomic mass is 9.79. The minimum absolute atomic E-state index is 0.0217. The van der Waals surface area contributed by atoms with Gasteiger partial charge in [0.15, 0.2) is 12.0 Å². The minimum Gasteiger partial charge on any atom is -0.492 e. The first-order valence-corrected chi connectivity index (χ1v) is 13.4. The summed E-state index contributed by atoms with van der Waals surface area (Å²) in [5, 5.41) is 20.5. The fourth-order valence-corrected chi connectivity index (χ4v) is 6.28. The molecule has 1 fully saturated rings. The molecule has 1 unspecified atom stereocenters. The molecule has 5 heterocycles. The summed E-state index contributed by atoms with van der Waals surface area (Å²) in [6.45, 7) is 4.91. The van der Waals surface area contributed by atoms with Gasteiger partial charge in [-0.25, -0.2) is 19.7 Å². The second-order valence-electron chi connectivity index (χ2n) is 11.4. The molecule has 41 heavy (non-hydrogen) atoms. The predicted octanol–water partition coefficient (Wildman–Crippen LogP) is -2.75. The Balaban J connectivity index is 1.22. The smallest absolute Gasteiger partial charge is 0.343 e. The molecule has 1 spiro atoms. The molecule has 2 amide bonds. The highest BCUT2D eigenvalue weighted by molar-refractivity contribution is 5.98. The maximum absolute atomic E-state index is 13.5. The third-order valence-corrected chi connectivity index (χ3v) is 8.45. The van der Waals surface area contributed by atoms with E-state index in [2.05, 4.69) is 44.8 Å². The maximum Gasteiger partial charge on any atom is 0.343 e. The van der Waals surface area contributed by atoms with Crippen LogP contribution in [0.4, 0.5) is 4.39 Å². The molecule has 6 rings (SSSR count). The molecule has 0 radical (unpaired) electrons. The Kier molecular flexibility index (Phi) is 6.25. The number of nitrogens with one attached hydrogen (secondary N) is 4. The van der Waals surface area contributed by atoms with Gasteiger partial charge in [0.2, 0.25) is 5.66 Å². The van der Waals surface area contributed by atoms with Crippen molar-refractivity contribution >= 4 is 23.7 Å². The van der Waals surface area contributed by atoms with E-state index in [4.69, 9.17) is 16.2 Å². The van der Waals surface area contributed by atoms with Gasteiger partial charge in [0.1, 0.15) is 29.4 Å². The lowest BCUT2D eigenvalue weighted by Gasteiger charge is -2.43. The molecule has 5 atom stereocenters. The lowest BCUT2D eigenvalue weighted by molar-refractivity contribution is -0.513. The number of benzene rings is 1. The molecule has 1 saturated heterocycles. The normalized spacial score (nSPS) is 29.1. The van der Waals surface area contributed by atoms with Crippen LogP contribution < -0.4 is 37.1 Å². The molecule has 1 aromatic carbocycles. The molecule has 4 aliphatic rings. The van der Waals surface area contributed by atoms with Gasteiger partial charge >= 0.3 is 5.96 Å². The molecule has 0 aliphatic carbocycles. The number of aliphatic imine (C=N–C) groups is 1. The number of para-hydroxylation sites is 1. The molecule has 1 aromatic heterocycles. The number of hydrogen-bond acceptors (Lipinski definition) is 10. The average molecular weight is 567 g/mol. The van der Waals surface area contributed by atoms with Crippen LogP contribution in [0.25, 0.3) is 0 Å². The third kappa shape index (κ3) is 4.29. The number of pyridine rings is 1. The number of nitrogens with two attached hydrogens (primary N) is 2. The summed E-state index contributed by atoms with van der Waals surface area (Å²) in [4.78, 5) is 39.3. The van der Waals surface area contributed by atoms with E-state index in [1.807, 2.05) is 12.1 Å². The Morgan fingerprint density at radius 2 is 2.07 bits per heavy atom. The number of halogens is 1. The summed E-state index contributed by atoms with van der Waals surface area (Å²) in [5.41, 5.74) is 12.5. The summed E-state index contributed by atoms with van der Waals surface area (Å²) in [7, 11) is 0. The minimum atomic E-state index is -1.24. The zero-order valence-electron chi connectivity index (χ0n) is 22.6. The number of guanidine groups is 2. The number of amides is 2. The van der Waals surface area contributed by atoms with Crippen LogP contribution in [0.3, 0.4) is 0 Å². The summed E-state index contributed by atoms with van der Waals surface area (Å²) < 4.78 is 19.1. The number of rotatable bonds is 5. The highest BCUT2D eigenvalue weighted by Crippen LogP contribution is 2.41. The second kappa shape index (κ2) is 9.58. The van der Waals surface area contributed by atoms with Crippen LogP contribution in [0.5, 0.6) is 5.75 Å². The number of fused-ring (bicyclic) bond motifs is 1. The van der Waals surface area contributed by atoms with E-state index in [0.29, 0.717) is 17.9 Å². The number of hydrogen-bond donors (Lipinski definition) is 7. The van der Waals surface area contributed by atoms with Gasteiger partial charge in [-0.2, -0.15) is 0 Å². The second-order valence-corrected chi connectivity index (χ2v) is 11.4. The molecule has 0 saturated carbocycles. The van der Waals surface area contributed by atoms with Gasteiger partial charge in [-0.3, -0.25) is 20.3 Å². The molecule has 0 bridgehead atoms. The first kappa shape index (κ1) is 26.7.